The maximum Gasteiger partial charge on any atom is 0.256 e. The molecule has 1 unspecified atom stereocenters. The molecule has 1 aromatic heterocycles. The number of piperidine rings is 1. The van der Waals surface area contributed by atoms with Crippen molar-refractivity contribution in [1.82, 2.24) is 9.88 Å². The Bertz CT molecular complexity index is 1130. The molecule has 4 nitrogen and oxygen atoms in total. The third-order valence-corrected chi connectivity index (χ3v) is 7.05. The maximum absolute atomic E-state index is 13.4. The summed E-state index contributed by atoms with van der Waals surface area (Å²) < 4.78 is 0. The van der Waals surface area contributed by atoms with E-state index in [2.05, 4.69) is 65.6 Å². The van der Waals surface area contributed by atoms with Crippen LogP contribution in [0.1, 0.15) is 63.7 Å². The second-order valence-corrected chi connectivity index (χ2v) is 8.95. The lowest BCUT2D eigenvalue weighted by atomic mass is 9.92. The van der Waals surface area contributed by atoms with Crippen molar-refractivity contribution < 1.29 is 4.79 Å². The minimum Gasteiger partial charge on any atom is -0.370 e. The number of carbonyl (C=O) groups is 1. The van der Waals surface area contributed by atoms with E-state index in [1.807, 2.05) is 4.90 Å². The van der Waals surface area contributed by atoms with Crippen molar-refractivity contribution in [2.75, 3.05) is 24.5 Å². The second-order valence-electron chi connectivity index (χ2n) is 8.95. The van der Waals surface area contributed by atoms with Crippen molar-refractivity contribution in [3.63, 3.8) is 0 Å². The summed E-state index contributed by atoms with van der Waals surface area (Å²) in [5.41, 5.74) is 7.86. The third-order valence-electron chi connectivity index (χ3n) is 7.05. The number of hydrogen-bond donors (Lipinski definition) is 0. The number of anilines is 1. The van der Waals surface area contributed by atoms with Gasteiger partial charge in [-0.2, -0.15) is 0 Å². The number of pyridine rings is 1. The van der Waals surface area contributed by atoms with Gasteiger partial charge in [0.2, 0.25) is 0 Å². The molecule has 0 aliphatic carbocycles. The van der Waals surface area contributed by atoms with Gasteiger partial charge in [0.15, 0.2) is 0 Å². The molecule has 156 valence electrons. The van der Waals surface area contributed by atoms with Gasteiger partial charge in [0.25, 0.3) is 5.91 Å². The number of benzene rings is 2. The Hall–Kier alpha value is -3.14. The summed E-state index contributed by atoms with van der Waals surface area (Å²) in [6.07, 6.45) is 5.41. The number of carbonyl (C=O) groups excluding carboxylic acids is 1. The molecule has 3 aliphatic rings. The van der Waals surface area contributed by atoms with E-state index in [9.17, 15) is 4.79 Å². The number of rotatable bonds is 3. The molecule has 1 amide bonds. The van der Waals surface area contributed by atoms with Crippen molar-refractivity contribution in [2.45, 2.75) is 38.1 Å². The molecule has 31 heavy (non-hydrogen) atoms. The van der Waals surface area contributed by atoms with E-state index in [0.29, 0.717) is 0 Å². The highest BCUT2D eigenvalue weighted by atomic mass is 16.2. The van der Waals surface area contributed by atoms with E-state index in [-0.39, 0.29) is 11.9 Å². The van der Waals surface area contributed by atoms with Crippen LogP contribution >= 0.6 is 0 Å². The summed E-state index contributed by atoms with van der Waals surface area (Å²) >= 11 is 0. The van der Waals surface area contributed by atoms with Crippen LogP contribution in [0.25, 0.3) is 0 Å². The van der Waals surface area contributed by atoms with Gasteiger partial charge in [-0.15, -0.1) is 0 Å². The Kier molecular flexibility index (Phi) is 4.52. The first-order valence-corrected chi connectivity index (χ1v) is 11.5. The molecule has 0 N–H and O–H groups in total. The highest BCUT2D eigenvalue weighted by molar-refractivity contribution is 6.00. The molecule has 0 saturated carbocycles. The highest BCUT2D eigenvalue weighted by Gasteiger charge is 2.42. The summed E-state index contributed by atoms with van der Waals surface area (Å²) in [5.74, 6) is 0.145. The molecule has 6 rings (SSSR count). The van der Waals surface area contributed by atoms with E-state index in [4.69, 9.17) is 4.98 Å². The normalized spacial score (nSPS) is 19.7. The van der Waals surface area contributed by atoms with E-state index >= 15 is 0 Å². The predicted octanol–water partition coefficient (Wildman–Crippen LogP) is 4.76. The SMILES string of the molecule is O=C1c2cc(N3CCCCC3)c(Cc3ccccc3)nc2C2c3ccccc3CCN12. The molecular formula is C27H27N3O. The van der Waals surface area contributed by atoms with Crippen molar-refractivity contribution in [1.29, 1.82) is 0 Å². The van der Waals surface area contributed by atoms with Crippen LogP contribution in [0.2, 0.25) is 0 Å². The molecule has 3 aliphatic heterocycles. The molecule has 1 atom stereocenters. The first kappa shape index (κ1) is 18.6. The first-order chi connectivity index (χ1) is 15.3. The van der Waals surface area contributed by atoms with Crippen LogP contribution in [0.5, 0.6) is 0 Å². The van der Waals surface area contributed by atoms with Gasteiger partial charge >= 0.3 is 0 Å². The van der Waals surface area contributed by atoms with Crippen LogP contribution in [-0.2, 0) is 12.8 Å². The van der Waals surface area contributed by atoms with Crippen LogP contribution in [0.4, 0.5) is 5.69 Å². The molecule has 1 fully saturated rings. The molecule has 2 aromatic carbocycles. The third kappa shape index (κ3) is 3.13. The molecule has 0 spiro atoms. The largest absolute Gasteiger partial charge is 0.370 e. The van der Waals surface area contributed by atoms with Gasteiger partial charge in [0.05, 0.1) is 22.6 Å². The number of aromatic nitrogens is 1. The topological polar surface area (TPSA) is 36.4 Å². The van der Waals surface area contributed by atoms with Crippen LogP contribution in [-0.4, -0.2) is 35.4 Å². The number of amides is 1. The molecule has 0 radical (unpaired) electrons. The lowest BCUT2D eigenvalue weighted by Gasteiger charge is -2.32. The van der Waals surface area contributed by atoms with Crippen molar-refractivity contribution in [3.05, 3.63) is 94.3 Å². The summed E-state index contributed by atoms with van der Waals surface area (Å²) in [7, 11) is 0. The molecule has 4 heterocycles. The lowest BCUT2D eigenvalue weighted by molar-refractivity contribution is 0.0739. The number of hydrogen-bond acceptors (Lipinski definition) is 3. The summed E-state index contributed by atoms with van der Waals surface area (Å²) in [4.78, 5) is 23.2. The van der Waals surface area contributed by atoms with Gasteiger partial charge in [0, 0.05) is 26.1 Å². The Morgan fingerprint density at radius 3 is 2.52 bits per heavy atom. The van der Waals surface area contributed by atoms with Crippen LogP contribution in [0, 0.1) is 0 Å². The maximum atomic E-state index is 13.4. The summed E-state index contributed by atoms with van der Waals surface area (Å²) in [6.45, 7) is 2.86. The minimum absolute atomic E-state index is 0.0441. The molecular weight excluding hydrogens is 382 g/mol. The van der Waals surface area contributed by atoms with Crippen LogP contribution in [0.15, 0.2) is 60.7 Å². The fourth-order valence-electron chi connectivity index (χ4n) is 5.50. The van der Waals surface area contributed by atoms with Gasteiger partial charge in [-0.25, -0.2) is 0 Å². The van der Waals surface area contributed by atoms with E-state index in [0.717, 1.165) is 55.1 Å². The summed E-state index contributed by atoms with van der Waals surface area (Å²) in [6, 6.07) is 21.2. The van der Waals surface area contributed by atoms with Crippen LogP contribution in [0.3, 0.4) is 0 Å². The minimum atomic E-state index is -0.0441. The molecule has 1 saturated heterocycles. The van der Waals surface area contributed by atoms with Gasteiger partial charge in [-0.3, -0.25) is 9.78 Å². The van der Waals surface area contributed by atoms with Crippen LogP contribution < -0.4 is 4.90 Å². The van der Waals surface area contributed by atoms with Gasteiger partial charge in [0.1, 0.15) is 6.04 Å². The Labute approximate surface area is 183 Å². The quantitative estimate of drug-likeness (QED) is 0.626. The van der Waals surface area contributed by atoms with Crippen molar-refractivity contribution >= 4 is 11.6 Å². The highest BCUT2D eigenvalue weighted by Crippen LogP contribution is 2.43. The second kappa shape index (κ2) is 7.52. The Morgan fingerprint density at radius 2 is 1.68 bits per heavy atom. The van der Waals surface area contributed by atoms with E-state index in [1.54, 1.807) is 0 Å². The number of nitrogens with zero attached hydrogens (tertiary/aromatic N) is 3. The smallest absolute Gasteiger partial charge is 0.256 e. The summed E-state index contributed by atoms with van der Waals surface area (Å²) in [5, 5.41) is 0. The average molecular weight is 410 g/mol. The molecule has 0 bridgehead atoms. The van der Waals surface area contributed by atoms with Gasteiger partial charge < -0.3 is 9.80 Å². The zero-order valence-electron chi connectivity index (χ0n) is 17.8. The zero-order valence-corrected chi connectivity index (χ0v) is 17.8. The van der Waals surface area contributed by atoms with E-state index < -0.39 is 0 Å². The van der Waals surface area contributed by atoms with Crippen molar-refractivity contribution in [3.8, 4) is 0 Å². The fourth-order valence-corrected chi connectivity index (χ4v) is 5.50. The monoisotopic (exact) mass is 409 g/mol. The molecule has 4 heteroatoms. The Balaban J connectivity index is 1.50. The average Bonchev–Trinajstić information content (AvgIpc) is 3.11. The van der Waals surface area contributed by atoms with Gasteiger partial charge in [-0.1, -0.05) is 54.6 Å². The zero-order chi connectivity index (χ0) is 20.8. The Morgan fingerprint density at radius 1 is 0.903 bits per heavy atom. The van der Waals surface area contributed by atoms with E-state index in [1.165, 1.54) is 36.0 Å². The first-order valence-electron chi connectivity index (χ1n) is 11.5. The molecule has 3 aromatic rings. The predicted molar refractivity (Wildman–Crippen MR) is 123 cm³/mol. The van der Waals surface area contributed by atoms with Crippen molar-refractivity contribution in [2.24, 2.45) is 0 Å². The standard InChI is InChI=1S/C27H27N3O/c31-27-22-18-24(29-14-7-2-8-15-29)23(17-19-9-3-1-4-10-19)28-25(22)26-21-12-6-5-11-20(21)13-16-30(26)27/h1,3-6,9-12,18,26H,2,7-8,13-17H2. The lowest BCUT2D eigenvalue weighted by Crippen LogP contribution is -2.35. The fraction of sp³-hybridized carbons (Fsp3) is 0.333. The number of fused-ring (bicyclic) bond motifs is 5. The van der Waals surface area contributed by atoms with Gasteiger partial charge in [-0.05, 0) is 48.4 Å².